The summed E-state index contributed by atoms with van der Waals surface area (Å²) in [6, 6.07) is 0. The van der Waals surface area contributed by atoms with Crippen LogP contribution >= 0.6 is 0 Å². The third kappa shape index (κ3) is 62.7. The first kappa shape index (κ1) is 113. The summed E-state index contributed by atoms with van der Waals surface area (Å²) >= 11 is 0. The van der Waals surface area contributed by atoms with E-state index in [1.54, 1.807) is 244 Å². The summed E-state index contributed by atoms with van der Waals surface area (Å²) in [6.07, 6.45) is 92.5. The van der Waals surface area contributed by atoms with Crippen LogP contribution in [0.2, 0.25) is 0 Å². The molecule has 18 aliphatic rings. The summed E-state index contributed by atoms with van der Waals surface area (Å²) in [5.74, 6) is 14.0. The number of hydrogen-bond acceptors (Lipinski definition) is 0. The lowest BCUT2D eigenvalue weighted by atomic mass is 9.65. The maximum Gasteiger partial charge on any atom is -0.0297 e. The van der Waals surface area contributed by atoms with Gasteiger partial charge in [0.1, 0.15) is 0 Å². The topological polar surface area (TPSA) is 0 Å². The van der Waals surface area contributed by atoms with Crippen molar-refractivity contribution < 1.29 is 0 Å². The number of hydrogen-bond donors (Lipinski definition) is 0. The molecule has 0 aromatic heterocycles. The summed E-state index contributed by atoms with van der Waals surface area (Å²) in [5, 5.41) is 0. The van der Waals surface area contributed by atoms with E-state index in [1.807, 2.05) is 0 Å². The second-order valence-electron chi connectivity index (χ2n) is 52.4. The predicted molar refractivity (Wildman–Crippen MR) is 529 cm³/mol. The lowest BCUT2D eigenvalue weighted by Gasteiger charge is -2.40. The highest BCUT2D eigenvalue weighted by molar-refractivity contribution is 4.90. The molecule has 0 heteroatoms. The zero-order valence-corrected chi connectivity index (χ0v) is 87.1. The third-order valence-electron chi connectivity index (χ3n) is 32.6. The molecule has 2 spiro atoms. The van der Waals surface area contributed by atoms with Crippen LogP contribution in [0, 0.1) is 125 Å². The van der Waals surface area contributed by atoms with Crippen molar-refractivity contribution in [2.75, 3.05) is 0 Å². The zero-order chi connectivity index (χ0) is 87.1. The molecule has 690 valence electrons. The fourth-order valence-corrected chi connectivity index (χ4v) is 19.8. The molecule has 115 heavy (non-hydrogen) atoms. The van der Waals surface area contributed by atoms with Crippen molar-refractivity contribution in [3.8, 4) is 0 Å². The Labute approximate surface area is 733 Å². The number of fused-ring (bicyclic) bond motifs is 13. The van der Waals surface area contributed by atoms with E-state index < -0.39 is 0 Å². The first-order valence-electron chi connectivity index (χ1n) is 53.5. The Balaban J connectivity index is 0.000000616. The van der Waals surface area contributed by atoms with Crippen LogP contribution in [0.25, 0.3) is 0 Å². The smallest absolute Gasteiger partial charge is 0.0297 e. The SMILES string of the molecule is C1CC2CC(C1)C2.C1CC2CCC(C1)C2.C1CC2CCC(C1)C2.C1CC2CCC1C2.C1CC2CCC1CC2.C1CC2CCCC(C1)C2.C1CCC2(CC1)CCCC2.C1CCC2(CC1)CCCC2.CCC(C)(C)C.CCC(C)(C)C.CCC(C)(C)C.CCC(C)(C)C.CCC(C)(C)C.CCC(C)(C)C.CCC(C)(C)C.CCC(C)(C)C. The third-order valence-corrected chi connectivity index (χ3v) is 32.6. The van der Waals surface area contributed by atoms with E-state index in [-0.39, 0.29) is 0 Å². The van der Waals surface area contributed by atoms with Gasteiger partial charge in [-0.2, -0.15) is 0 Å². The standard InChI is InChI=1S/2C10H18.C9H16.3C8H14.2C7H12.8C6H14/c2*1-2-6-10(7-3-1)8-4-5-9-10;1-3-8-5-2-6-9(4-1)7-8;1-2-8-5-3-7(1)4-6-8;2*1-2-7-4-5-8(3-1)6-7;1-2-7-4-3-6(1)5-7;1-2-6-4-7(3-1)5-6;8*1-5-6(2,3)4/h2*1-9H2;8-9H,1-7H2;3*7-8H,1-6H2;2*6-7H,1-5H2;8*5H2,1-4H3. The van der Waals surface area contributed by atoms with Gasteiger partial charge in [-0.1, -0.05) is 523 Å². The molecule has 0 aromatic rings. The summed E-state index contributed by atoms with van der Waals surface area (Å²) in [5.41, 5.74) is 6.08. The Kier molecular flexibility index (Phi) is 58.0. The second kappa shape index (κ2) is 59.1. The fourth-order valence-electron chi connectivity index (χ4n) is 19.8. The molecule has 0 aliphatic heterocycles. The van der Waals surface area contributed by atoms with Crippen LogP contribution in [0.5, 0.6) is 0 Å². The van der Waals surface area contributed by atoms with E-state index >= 15 is 0 Å². The van der Waals surface area contributed by atoms with Crippen LogP contribution in [-0.4, -0.2) is 0 Å². The highest BCUT2D eigenvalue weighted by Gasteiger charge is 2.37. The van der Waals surface area contributed by atoms with Gasteiger partial charge >= 0.3 is 0 Å². The minimum absolute atomic E-state index is 0.542. The van der Waals surface area contributed by atoms with Crippen molar-refractivity contribution in [2.45, 2.75) is 613 Å². The number of rotatable bonds is 0. The van der Waals surface area contributed by atoms with Gasteiger partial charge in [0.2, 0.25) is 0 Å². The van der Waals surface area contributed by atoms with Crippen LogP contribution in [0.4, 0.5) is 0 Å². The molecule has 18 fully saturated rings. The lowest BCUT2D eigenvalue weighted by molar-refractivity contribution is 0.116. The molecular formula is C115H230. The first-order chi connectivity index (χ1) is 53.5. The van der Waals surface area contributed by atoms with Gasteiger partial charge in [0.25, 0.3) is 0 Å². The summed E-state index contributed by atoms with van der Waals surface area (Å²) < 4.78 is 0. The van der Waals surface area contributed by atoms with Gasteiger partial charge in [0.05, 0.1) is 0 Å². The average molecular weight is 1610 g/mol. The van der Waals surface area contributed by atoms with Gasteiger partial charge in [-0.15, -0.1) is 0 Å². The molecule has 18 aliphatic carbocycles. The summed E-state index contributed by atoms with van der Waals surface area (Å²) in [7, 11) is 0. The molecule has 0 N–H and O–H groups in total. The van der Waals surface area contributed by atoms with Crippen LogP contribution in [0.15, 0.2) is 0 Å². The minimum Gasteiger partial charge on any atom is -0.0649 e. The molecule has 0 nitrogen and oxygen atoms in total. The molecule has 18 rings (SSSR count). The lowest BCUT2D eigenvalue weighted by Crippen LogP contribution is -2.28. The quantitative estimate of drug-likeness (QED) is 0.227. The molecule has 18 saturated carbocycles. The summed E-state index contributed by atoms with van der Waals surface area (Å²) in [6.45, 7) is 71.5. The van der Waals surface area contributed by atoms with Crippen LogP contribution < -0.4 is 0 Å². The Morgan fingerprint density at radius 2 is 0.243 bits per heavy atom. The average Bonchev–Trinajstić information content (AvgIpc) is 1.84. The van der Waals surface area contributed by atoms with Gasteiger partial charge in [-0.25, -0.2) is 0 Å². The predicted octanol–water partition coefficient (Wildman–Crippen LogP) is 41.7. The second-order valence-corrected chi connectivity index (χ2v) is 52.4. The Hall–Kier alpha value is 0. The van der Waals surface area contributed by atoms with Crippen LogP contribution in [0.3, 0.4) is 0 Å². The maximum absolute atomic E-state index is 2.24. The first-order valence-corrected chi connectivity index (χ1v) is 53.5. The van der Waals surface area contributed by atoms with E-state index in [0.717, 1.165) is 58.2 Å². The molecule has 12 bridgehead atoms. The Morgan fingerprint density at radius 1 is 0.139 bits per heavy atom. The normalized spacial score (nSPS) is 29.0. The van der Waals surface area contributed by atoms with Crippen molar-refractivity contribution in [3.05, 3.63) is 0 Å². The molecule has 0 heterocycles. The van der Waals surface area contributed by atoms with E-state index in [2.05, 4.69) is 222 Å². The van der Waals surface area contributed by atoms with Crippen molar-refractivity contribution in [1.29, 1.82) is 0 Å². The van der Waals surface area contributed by atoms with Gasteiger partial charge < -0.3 is 0 Å². The van der Waals surface area contributed by atoms with Crippen molar-refractivity contribution >= 4 is 0 Å². The van der Waals surface area contributed by atoms with Gasteiger partial charge in [0.15, 0.2) is 0 Å². The van der Waals surface area contributed by atoms with Crippen LogP contribution in [-0.2, 0) is 0 Å². The highest BCUT2D eigenvalue weighted by atomic mass is 14.4. The van der Waals surface area contributed by atoms with E-state index in [9.17, 15) is 0 Å². The molecule has 4 unspecified atom stereocenters. The molecule has 0 saturated heterocycles. The Bertz CT molecular complexity index is 1820. The molecular weight excluding hydrogens is 1380 g/mol. The largest absolute Gasteiger partial charge is 0.0649 e. The molecule has 0 aromatic carbocycles. The zero-order valence-electron chi connectivity index (χ0n) is 87.1. The minimum atomic E-state index is 0.542. The fraction of sp³-hybridized carbons (Fsp3) is 1.00. The summed E-state index contributed by atoms with van der Waals surface area (Å²) in [4.78, 5) is 0. The monoisotopic (exact) mass is 1610 g/mol. The van der Waals surface area contributed by atoms with Gasteiger partial charge in [-0.05, 0) is 215 Å². The van der Waals surface area contributed by atoms with E-state index in [0.29, 0.717) is 43.3 Å². The van der Waals surface area contributed by atoms with Crippen molar-refractivity contribution in [1.82, 2.24) is 0 Å². The molecule has 0 radical (unpaired) electrons. The molecule has 4 atom stereocenters. The van der Waals surface area contributed by atoms with Crippen LogP contribution in [0.1, 0.15) is 613 Å². The Morgan fingerprint density at radius 3 is 0.348 bits per heavy atom. The van der Waals surface area contributed by atoms with E-state index in [4.69, 9.17) is 0 Å². The molecule has 0 amide bonds. The van der Waals surface area contributed by atoms with E-state index in [1.165, 1.54) is 171 Å². The van der Waals surface area contributed by atoms with Crippen molar-refractivity contribution in [2.24, 2.45) is 125 Å². The maximum atomic E-state index is 2.24. The van der Waals surface area contributed by atoms with Crippen molar-refractivity contribution in [3.63, 3.8) is 0 Å². The van der Waals surface area contributed by atoms with Gasteiger partial charge in [0, 0.05) is 0 Å². The van der Waals surface area contributed by atoms with Gasteiger partial charge in [-0.3, -0.25) is 0 Å². The highest BCUT2D eigenvalue weighted by Crippen LogP contribution is 2.51.